The quantitative estimate of drug-likeness (QED) is 0.761. The number of phenolic OH excluding ortho intramolecular Hbond substituents is 1. The van der Waals surface area contributed by atoms with E-state index in [9.17, 15) is 5.11 Å². The van der Waals surface area contributed by atoms with E-state index in [1.165, 1.54) is 0 Å². The molecule has 2 heterocycles. The molecule has 5 nitrogen and oxygen atoms in total. The van der Waals surface area contributed by atoms with E-state index >= 15 is 0 Å². The number of aromatic amines is 1. The highest BCUT2D eigenvalue weighted by atomic mass is 32.1. The lowest BCUT2D eigenvalue weighted by molar-refractivity contribution is 0.219. The monoisotopic (exact) mass is 305 g/mol. The van der Waals surface area contributed by atoms with Gasteiger partial charge in [0.25, 0.3) is 0 Å². The fourth-order valence-electron chi connectivity index (χ4n) is 2.83. The van der Waals surface area contributed by atoms with Crippen LogP contribution in [0.5, 0.6) is 11.5 Å². The van der Waals surface area contributed by atoms with Gasteiger partial charge in [0.1, 0.15) is 18.1 Å². The number of phenols is 1. The fourth-order valence-corrected chi connectivity index (χ4v) is 3.16. The summed E-state index contributed by atoms with van der Waals surface area (Å²) in [6.07, 6.45) is 3.46. The summed E-state index contributed by atoms with van der Waals surface area (Å²) in [7, 11) is 0. The Balaban J connectivity index is 1.92. The minimum absolute atomic E-state index is 0.0716. The van der Waals surface area contributed by atoms with E-state index in [2.05, 4.69) is 9.55 Å². The third kappa shape index (κ3) is 2.82. The van der Waals surface area contributed by atoms with Gasteiger partial charge in [0.2, 0.25) is 0 Å². The minimum atomic E-state index is 0.0716. The van der Waals surface area contributed by atoms with E-state index in [1.54, 1.807) is 18.2 Å². The molecule has 0 bridgehead atoms. The summed E-state index contributed by atoms with van der Waals surface area (Å²) in [5.41, 5.74) is 7.99. The van der Waals surface area contributed by atoms with Crippen molar-refractivity contribution in [3.63, 3.8) is 0 Å². The minimum Gasteiger partial charge on any atom is -0.508 e. The summed E-state index contributed by atoms with van der Waals surface area (Å²) in [5, 5.41) is 9.63. The number of fused-ring (bicyclic) bond motifs is 1. The first-order valence-electron chi connectivity index (χ1n) is 7.03. The van der Waals surface area contributed by atoms with Gasteiger partial charge in [-0.25, -0.2) is 0 Å². The van der Waals surface area contributed by atoms with Gasteiger partial charge in [-0.2, -0.15) is 0 Å². The largest absolute Gasteiger partial charge is 0.508 e. The number of nitrogens with two attached hydrogens (primary N) is 1. The first kappa shape index (κ1) is 14.2. The second-order valence-electron chi connectivity index (χ2n) is 5.60. The number of aromatic hydroxyl groups is 1. The van der Waals surface area contributed by atoms with E-state index in [1.807, 2.05) is 13.1 Å². The van der Waals surface area contributed by atoms with Crippen LogP contribution < -0.4 is 10.5 Å². The molecule has 2 aromatic rings. The van der Waals surface area contributed by atoms with Crippen LogP contribution >= 0.6 is 12.2 Å². The average molecular weight is 305 g/mol. The van der Waals surface area contributed by atoms with Gasteiger partial charge in [-0.3, -0.25) is 0 Å². The SMILES string of the molecule is CC(N)Cc1c[nH]c(=S)n1C1COc2ccc(O)cc2C1. The van der Waals surface area contributed by atoms with Gasteiger partial charge < -0.3 is 25.1 Å². The van der Waals surface area contributed by atoms with E-state index in [-0.39, 0.29) is 17.8 Å². The maximum atomic E-state index is 9.63. The standard InChI is InChI=1S/C15H19N3O2S/c1-9(16)4-11-7-17-15(21)18(11)12-5-10-6-13(19)2-3-14(10)20-8-12/h2-3,6-7,9,12,19H,4-5,8,16H2,1H3,(H,17,21). The predicted molar refractivity (Wildman–Crippen MR) is 83.3 cm³/mol. The number of nitrogens with one attached hydrogen (secondary N) is 1. The van der Waals surface area contributed by atoms with Crippen LogP contribution in [-0.2, 0) is 12.8 Å². The third-order valence-electron chi connectivity index (χ3n) is 3.72. The molecule has 112 valence electrons. The number of ether oxygens (including phenoxy) is 1. The van der Waals surface area contributed by atoms with Gasteiger partial charge in [0, 0.05) is 30.8 Å². The Morgan fingerprint density at radius 2 is 2.38 bits per heavy atom. The van der Waals surface area contributed by atoms with Crippen molar-refractivity contribution >= 4 is 12.2 Å². The first-order chi connectivity index (χ1) is 10.0. The normalized spacial score (nSPS) is 18.9. The molecule has 1 aliphatic heterocycles. The van der Waals surface area contributed by atoms with Crippen molar-refractivity contribution in [3.8, 4) is 11.5 Å². The number of H-pyrrole nitrogens is 1. The maximum absolute atomic E-state index is 9.63. The summed E-state index contributed by atoms with van der Waals surface area (Å²) >= 11 is 5.39. The molecule has 1 aliphatic rings. The second-order valence-corrected chi connectivity index (χ2v) is 5.98. The van der Waals surface area contributed by atoms with Crippen molar-refractivity contribution in [1.29, 1.82) is 0 Å². The Morgan fingerprint density at radius 3 is 3.14 bits per heavy atom. The topological polar surface area (TPSA) is 76.2 Å². The third-order valence-corrected chi connectivity index (χ3v) is 4.03. The molecular weight excluding hydrogens is 286 g/mol. The van der Waals surface area contributed by atoms with Gasteiger partial charge in [-0.05, 0) is 42.9 Å². The van der Waals surface area contributed by atoms with Gasteiger partial charge in [0.15, 0.2) is 4.77 Å². The van der Waals surface area contributed by atoms with E-state index in [4.69, 9.17) is 22.7 Å². The van der Waals surface area contributed by atoms with E-state index in [0.29, 0.717) is 11.4 Å². The summed E-state index contributed by atoms with van der Waals surface area (Å²) < 4.78 is 8.58. The van der Waals surface area contributed by atoms with Crippen LogP contribution in [0.2, 0.25) is 0 Å². The van der Waals surface area contributed by atoms with Gasteiger partial charge in [-0.1, -0.05) is 0 Å². The molecule has 3 rings (SSSR count). The maximum Gasteiger partial charge on any atom is 0.177 e. The Kier molecular flexibility index (Phi) is 3.73. The molecular formula is C15H19N3O2S. The average Bonchev–Trinajstić information content (AvgIpc) is 2.78. The van der Waals surface area contributed by atoms with Crippen LogP contribution in [0.3, 0.4) is 0 Å². The van der Waals surface area contributed by atoms with Crippen molar-refractivity contribution in [2.75, 3.05) is 6.61 Å². The number of aromatic nitrogens is 2. The van der Waals surface area contributed by atoms with Crippen LogP contribution in [0.15, 0.2) is 24.4 Å². The molecule has 0 fully saturated rings. The number of nitrogens with zero attached hydrogens (tertiary/aromatic N) is 1. The molecule has 1 aromatic carbocycles. The number of rotatable bonds is 3. The highest BCUT2D eigenvalue weighted by molar-refractivity contribution is 7.71. The Hall–Kier alpha value is -1.79. The zero-order valence-corrected chi connectivity index (χ0v) is 12.7. The molecule has 2 unspecified atom stereocenters. The number of benzene rings is 1. The van der Waals surface area contributed by atoms with Crippen LogP contribution in [-0.4, -0.2) is 27.3 Å². The number of imidazole rings is 1. The Labute approximate surface area is 128 Å². The zero-order valence-electron chi connectivity index (χ0n) is 11.9. The Bertz CT molecular complexity index is 705. The van der Waals surface area contributed by atoms with E-state index < -0.39 is 0 Å². The lowest BCUT2D eigenvalue weighted by atomic mass is 10.0. The van der Waals surface area contributed by atoms with E-state index in [0.717, 1.165) is 29.8 Å². The highest BCUT2D eigenvalue weighted by Crippen LogP contribution is 2.32. The molecule has 0 spiro atoms. The van der Waals surface area contributed by atoms with Crippen LogP contribution in [0.4, 0.5) is 0 Å². The van der Waals surface area contributed by atoms with Gasteiger partial charge in [0.05, 0.1) is 6.04 Å². The van der Waals surface area contributed by atoms with Gasteiger partial charge in [-0.15, -0.1) is 0 Å². The van der Waals surface area contributed by atoms with Gasteiger partial charge >= 0.3 is 0 Å². The summed E-state index contributed by atoms with van der Waals surface area (Å²) in [4.78, 5) is 3.09. The molecule has 0 saturated heterocycles. The Morgan fingerprint density at radius 1 is 1.57 bits per heavy atom. The van der Waals surface area contributed by atoms with Crippen LogP contribution in [0, 0.1) is 4.77 Å². The number of hydrogen-bond donors (Lipinski definition) is 3. The summed E-state index contributed by atoms with van der Waals surface area (Å²) in [5.74, 6) is 1.09. The molecule has 0 saturated carbocycles. The molecule has 0 amide bonds. The predicted octanol–water partition coefficient (Wildman–Crippen LogP) is 2.32. The summed E-state index contributed by atoms with van der Waals surface area (Å²) in [6.45, 7) is 2.54. The molecule has 1 aromatic heterocycles. The lowest BCUT2D eigenvalue weighted by Gasteiger charge is -2.28. The molecule has 0 radical (unpaired) electrons. The lowest BCUT2D eigenvalue weighted by Crippen LogP contribution is -2.27. The number of hydrogen-bond acceptors (Lipinski definition) is 4. The zero-order chi connectivity index (χ0) is 15.0. The second kappa shape index (κ2) is 5.54. The molecule has 4 N–H and O–H groups in total. The highest BCUT2D eigenvalue weighted by Gasteiger charge is 2.24. The van der Waals surface area contributed by atoms with Crippen molar-refractivity contribution in [3.05, 3.63) is 40.4 Å². The van der Waals surface area contributed by atoms with Crippen LogP contribution in [0.1, 0.15) is 24.2 Å². The van der Waals surface area contributed by atoms with Crippen molar-refractivity contribution in [2.45, 2.75) is 31.8 Å². The van der Waals surface area contributed by atoms with Crippen molar-refractivity contribution < 1.29 is 9.84 Å². The summed E-state index contributed by atoms with van der Waals surface area (Å²) in [6, 6.07) is 5.39. The molecule has 2 atom stereocenters. The smallest absolute Gasteiger partial charge is 0.177 e. The fraction of sp³-hybridized carbons (Fsp3) is 0.400. The molecule has 21 heavy (non-hydrogen) atoms. The first-order valence-corrected chi connectivity index (χ1v) is 7.44. The molecule has 6 heteroatoms. The van der Waals surface area contributed by atoms with Crippen LogP contribution in [0.25, 0.3) is 0 Å². The van der Waals surface area contributed by atoms with Crippen molar-refractivity contribution in [1.82, 2.24) is 9.55 Å². The van der Waals surface area contributed by atoms with Crippen molar-refractivity contribution in [2.24, 2.45) is 5.73 Å². The molecule has 0 aliphatic carbocycles.